The minimum absolute atomic E-state index is 0.248. The Morgan fingerprint density at radius 3 is 2.50 bits per heavy atom. The molecule has 0 aliphatic rings. The van der Waals surface area contributed by atoms with Gasteiger partial charge in [-0.1, -0.05) is 0 Å². The van der Waals surface area contributed by atoms with Gasteiger partial charge in [-0.05, 0) is 11.6 Å². The van der Waals surface area contributed by atoms with Crippen LogP contribution in [0.5, 0.6) is 0 Å². The number of anilines is 2. The topological polar surface area (TPSA) is 82.0 Å². The minimum atomic E-state index is -2.92. The first-order chi connectivity index (χ1) is 6.45. The summed E-state index contributed by atoms with van der Waals surface area (Å²) in [4.78, 5) is 14.2. The van der Waals surface area contributed by atoms with Gasteiger partial charge in [0.15, 0.2) is 0 Å². The van der Waals surface area contributed by atoms with Crippen LogP contribution in [0.1, 0.15) is 22.3 Å². The van der Waals surface area contributed by atoms with E-state index in [-0.39, 0.29) is 5.82 Å². The molecule has 1 aromatic rings. The van der Waals surface area contributed by atoms with Crippen LogP contribution in [0.3, 0.4) is 0 Å². The Morgan fingerprint density at radius 2 is 2.07 bits per heavy atom. The zero-order valence-electron chi connectivity index (χ0n) is 6.80. The molecule has 0 spiro atoms. The number of nitrogen functional groups attached to an aromatic ring is 2. The largest absolute Gasteiger partial charge is 0.395 e. The summed E-state index contributed by atoms with van der Waals surface area (Å²) in [7, 11) is 0. The molecular weight excluding hydrogens is 216 g/mol. The highest BCUT2D eigenvalue weighted by molar-refractivity contribution is 6.68. The zero-order valence-corrected chi connectivity index (χ0v) is 7.55. The Kier molecular flexibility index (Phi) is 2.85. The zero-order chi connectivity index (χ0) is 10.9. The Labute approximate surface area is 82.9 Å². The van der Waals surface area contributed by atoms with Crippen LogP contribution < -0.4 is 11.5 Å². The van der Waals surface area contributed by atoms with E-state index in [0.717, 1.165) is 6.20 Å². The summed E-state index contributed by atoms with van der Waals surface area (Å²) in [5.74, 6) is -0.248. The van der Waals surface area contributed by atoms with Gasteiger partial charge in [0.2, 0.25) is 0 Å². The molecule has 0 aliphatic heterocycles. The molecule has 0 radical (unpaired) electrons. The molecule has 0 atom stereocenters. The molecule has 4 N–H and O–H groups in total. The number of alkyl halides is 2. The first kappa shape index (κ1) is 10.6. The Balaban J connectivity index is 3.45. The van der Waals surface area contributed by atoms with Gasteiger partial charge in [-0.15, -0.1) is 0 Å². The van der Waals surface area contributed by atoms with E-state index in [4.69, 9.17) is 23.1 Å². The number of hydrogen-bond acceptors (Lipinski definition) is 4. The molecule has 0 saturated heterocycles. The lowest BCUT2D eigenvalue weighted by molar-refractivity contribution is 0.106. The fourth-order valence-corrected chi connectivity index (χ4v) is 1.10. The molecule has 0 fully saturated rings. The van der Waals surface area contributed by atoms with Crippen molar-refractivity contribution >= 4 is 28.3 Å². The van der Waals surface area contributed by atoms with Gasteiger partial charge in [0, 0.05) is 6.20 Å². The van der Waals surface area contributed by atoms with Crippen LogP contribution in [0.15, 0.2) is 6.20 Å². The van der Waals surface area contributed by atoms with Gasteiger partial charge in [-0.3, -0.25) is 4.79 Å². The number of carbonyl (C=O) groups is 1. The molecule has 0 bridgehead atoms. The van der Waals surface area contributed by atoms with Crippen LogP contribution in [0.25, 0.3) is 0 Å². The lowest BCUT2D eigenvalue weighted by Gasteiger charge is -2.09. The van der Waals surface area contributed by atoms with Crippen molar-refractivity contribution in [3.05, 3.63) is 17.3 Å². The van der Waals surface area contributed by atoms with Crippen molar-refractivity contribution in [1.29, 1.82) is 0 Å². The fourth-order valence-electron chi connectivity index (χ4n) is 0.948. The van der Waals surface area contributed by atoms with Crippen molar-refractivity contribution in [2.24, 2.45) is 0 Å². The van der Waals surface area contributed by atoms with Crippen LogP contribution in [-0.2, 0) is 0 Å². The lowest BCUT2D eigenvalue weighted by Crippen LogP contribution is -2.08. The number of pyridine rings is 1. The van der Waals surface area contributed by atoms with Crippen molar-refractivity contribution in [3.63, 3.8) is 0 Å². The summed E-state index contributed by atoms with van der Waals surface area (Å²) in [6.07, 6.45) is -2.04. The van der Waals surface area contributed by atoms with E-state index in [1.807, 2.05) is 0 Å². The molecule has 0 aliphatic carbocycles. The van der Waals surface area contributed by atoms with E-state index in [2.05, 4.69) is 4.98 Å². The molecule has 1 rings (SSSR count). The van der Waals surface area contributed by atoms with Crippen molar-refractivity contribution in [3.8, 4) is 0 Å². The molecule has 4 nitrogen and oxygen atoms in total. The maximum absolute atomic E-state index is 12.5. The van der Waals surface area contributed by atoms with Gasteiger partial charge in [-0.25, -0.2) is 13.8 Å². The first-order valence-electron chi connectivity index (χ1n) is 3.47. The predicted octanol–water partition coefficient (Wildman–Crippen LogP) is 1.56. The van der Waals surface area contributed by atoms with Crippen molar-refractivity contribution in [2.75, 3.05) is 11.5 Å². The Bertz CT molecular complexity index is 383. The number of rotatable bonds is 2. The molecule has 1 aromatic heterocycles. The monoisotopic (exact) mass is 221 g/mol. The average Bonchev–Trinajstić information content (AvgIpc) is 2.08. The third-order valence-electron chi connectivity index (χ3n) is 1.62. The summed E-state index contributed by atoms with van der Waals surface area (Å²) < 4.78 is 24.9. The second-order valence-corrected chi connectivity index (χ2v) is 2.80. The first-order valence-corrected chi connectivity index (χ1v) is 3.84. The quantitative estimate of drug-likeness (QED) is 0.743. The van der Waals surface area contributed by atoms with E-state index in [9.17, 15) is 13.6 Å². The van der Waals surface area contributed by atoms with E-state index in [0.29, 0.717) is 0 Å². The Morgan fingerprint density at radius 1 is 1.50 bits per heavy atom. The smallest absolute Gasteiger partial charge is 0.266 e. The van der Waals surface area contributed by atoms with Crippen LogP contribution in [0.4, 0.5) is 20.3 Å². The third kappa shape index (κ3) is 1.74. The van der Waals surface area contributed by atoms with Crippen LogP contribution in [-0.4, -0.2) is 10.2 Å². The maximum Gasteiger partial charge on any atom is 0.266 e. The van der Waals surface area contributed by atoms with Crippen LogP contribution >= 0.6 is 11.6 Å². The molecule has 1 heterocycles. The minimum Gasteiger partial charge on any atom is -0.395 e. The summed E-state index contributed by atoms with van der Waals surface area (Å²) in [6.45, 7) is 0. The highest BCUT2D eigenvalue weighted by Gasteiger charge is 2.22. The molecule has 0 saturated carbocycles. The third-order valence-corrected chi connectivity index (χ3v) is 1.82. The van der Waals surface area contributed by atoms with Gasteiger partial charge in [-0.2, -0.15) is 0 Å². The van der Waals surface area contributed by atoms with E-state index >= 15 is 0 Å². The number of carbonyl (C=O) groups excluding carboxylic acids is 1. The van der Waals surface area contributed by atoms with E-state index < -0.39 is 28.5 Å². The van der Waals surface area contributed by atoms with Crippen molar-refractivity contribution < 1.29 is 13.6 Å². The van der Waals surface area contributed by atoms with Crippen molar-refractivity contribution in [2.45, 2.75) is 6.43 Å². The average molecular weight is 222 g/mol. The molecular formula is C7H6ClF2N3O. The highest BCUT2D eigenvalue weighted by atomic mass is 35.5. The molecule has 76 valence electrons. The van der Waals surface area contributed by atoms with Crippen LogP contribution in [0, 0.1) is 0 Å². The van der Waals surface area contributed by atoms with Gasteiger partial charge in [0.25, 0.3) is 11.7 Å². The normalized spacial score (nSPS) is 10.6. The fraction of sp³-hybridized carbons (Fsp3) is 0.143. The molecule has 14 heavy (non-hydrogen) atoms. The second kappa shape index (κ2) is 3.75. The molecule has 7 heteroatoms. The standard InChI is InChI=1S/C7H6ClF2N3O/c8-5(14)2-1-13-7(12)4(11)3(2)6(9)10/h1,6H,11H2,(H2,12,13). The maximum atomic E-state index is 12.5. The lowest BCUT2D eigenvalue weighted by atomic mass is 10.1. The number of halogens is 3. The number of nitrogens with two attached hydrogens (primary N) is 2. The van der Waals surface area contributed by atoms with Gasteiger partial charge in [0.1, 0.15) is 5.82 Å². The van der Waals surface area contributed by atoms with E-state index in [1.165, 1.54) is 0 Å². The van der Waals surface area contributed by atoms with E-state index in [1.54, 1.807) is 0 Å². The van der Waals surface area contributed by atoms with Gasteiger partial charge in [0.05, 0.1) is 16.8 Å². The highest BCUT2D eigenvalue weighted by Crippen LogP contribution is 2.31. The Hall–Kier alpha value is -1.43. The number of aromatic nitrogens is 1. The number of nitrogens with zero attached hydrogens (tertiary/aromatic N) is 1. The molecule has 0 aromatic carbocycles. The van der Waals surface area contributed by atoms with Crippen molar-refractivity contribution in [1.82, 2.24) is 4.98 Å². The predicted molar refractivity (Wildman–Crippen MR) is 48.2 cm³/mol. The summed E-state index contributed by atoms with van der Waals surface area (Å²) in [5.41, 5.74) is 8.94. The SMILES string of the molecule is Nc1ncc(C(=O)Cl)c(C(F)F)c1N. The number of hydrogen-bond donors (Lipinski definition) is 2. The summed E-state index contributed by atoms with van der Waals surface area (Å²) in [6, 6.07) is 0. The summed E-state index contributed by atoms with van der Waals surface area (Å²) >= 11 is 5.07. The molecule has 0 unspecified atom stereocenters. The second-order valence-electron chi connectivity index (χ2n) is 2.46. The van der Waals surface area contributed by atoms with Gasteiger partial charge >= 0.3 is 0 Å². The van der Waals surface area contributed by atoms with Gasteiger partial charge < -0.3 is 11.5 Å². The summed E-state index contributed by atoms with van der Waals surface area (Å²) in [5, 5.41) is -1.04. The molecule has 0 amide bonds. The van der Waals surface area contributed by atoms with Crippen LogP contribution in [0.2, 0.25) is 0 Å².